The predicted molar refractivity (Wildman–Crippen MR) is 79.7 cm³/mol. The number of fused-ring (bicyclic) bond motifs is 1. The summed E-state index contributed by atoms with van der Waals surface area (Å²) in [4.78, 5) is 12.1. The number of hydrogen-bond acceptors (Lipinski definition) is 4. The maximum absolute atomic E-state index is 13.0. The van der Waals surface area contributed by atoms with Gasteiger partial charge < -0.3 is 4.74 Å². The third-order valence-electron chi connectivity index (χ3n) is 4.70. The molecule has 1 aliphatic carbocycles. The monoisotopic (exact) mass is 309 g/mol. The molecule has 1 saturated carbocycles. The van der Waals surface area contributed by atoms with Crippen molar-refractivity contribution in [3.8, 4) is 0 Å². The quantitative estimate of drug-likeness (QED) is 0.781. The Morgan fingerprint density at radius 1 is 1.33 bits per heavy atom. The number of methoxy groups -OCH3 is 1. The van der Waals surface area contributed by atoms with Crippen molar-refractivity contribution in [2.75, 3.05) is 18.0 Å². The second-order valence-corrected chi connectivity index (χ2v) is 8.01. The zero-order chi connectivity index (χ0) is 15.4. The third kappa shape index (κ3) is 1.75. The van der Waals surface area contributed by atoms with Crippen LogP contribution in [-0.4, -0.2) is 32.8 Å². The van der Waals surface area contributed by atoms with Crippen molar-refractivity contribution in [2.45, 2.75) is 31.4 Å². The fraction of sp³-hybridized carbons (Fsp3) is 0.533. The number of rotatable bonds is 2. The average molecular weight is 309 g/mol. The molecule has 2 fully saturated rings. The Morgan fingerprint density at radius 3 is 2.52 bits per heavy atom. The number of ether oxygens (including phenoxy) is 1. The number of carbonyl (C=O) groups is 1. The highest BCUT2D eigenvalue weighted by molar-refractivity contribution is 7.95. The molecule has 2 atom stereocenters. The Bertz CT molecular complexity index is 692. The number of anilines is 1. The lowest BCUT2D eigenvalue weighted by molar-refractivity contribution is -0.141. The summed E-state index contributed by atoms with van der Waals surface area (Å²) >= 11 is 0. The van der Waals surface area contributed by atoms with Gasteiger partial charge >= 0.3 is 5.97 Å². The number of aryl methyl sites for hydroxylation is 2. The van der Waals surface area contributed by atoms with Crippen LogP contribution in [0.4, 0.5) is 5.69 Å². The summed E-state index contributed by atoms with van der Waals surface area (Å²) in [5, 5.41) is 0. The molecular formula is C15H19NO4S. The maximum atomic E-state index is 13.0. The second-order valence-electron chi connectivity index (χ2n) is 5.89. The molecule has 0 aromatic heterocycles. The Hall–Kier alpha value is -1.56. The first-order valence-electron chi connectivity index (χ1n) is 7.03. The molecule has 1 saturated heterocycles. The minimum Gasteiger partial charge on any atom is -0.468 e. The van der Waals surface area contributed by atoms with Crippen molar-refractivity contribution in [2.24, 2.45) is 5.92 Å². The van der Waals surface area contributed by atoms with E-state index in [0.29, 0.717) is 25.1 Å². The molecule has 0 N–H and O–H groups in total. The molecule has 0 bridgehead atoms. The Balaban J connectivity index is 2.12. The zero-order valence-electron chi connectivity index (χ0n) is 12.4. The molecule has 1 aromatic rings. The first-order valence-corrected chi connectivity index (χ1v) is 8.47. The van der Waals surface area contributed by atoms with Crippen LogP contribution in [-0.2, 0) is 19.6 Å². The van der Waals surface area contributed by atoms with Gasteiger partial charge in [-0.15, -0.1) is 0 Å². The SMILES string of the molecule is COC(=O)C12CC1CCN(c1c(C)cccc1C)S2(=O)=O. The number of hydrogen-bond donors (Lipinski definition) is 0. The first kappa shape index (κ1) is 14.4. The molecule has 114 valence electrons. The van der Waals surface area contributed by atoms with E-state index in [4.69, 9.17) is 4.74 Å². The number of benzene rings is 1. The summed E-state index contributed by atoms with van der Waals surface area (Å²) < 4.78 is 30.8. The maximum Gasteiger partial charge on any atom is 0.329 e. The van der Waals surface area contributed by atoms with Gasteiger partial charge in [-0.25, -0.2) is 8.42 Å². The minimum absolute atomic E-state index is 0.101. The zero-order valence-corrected chi connectivity index (χ0v) is 13.2. The van der Waals surface area contributed by atoms with E-state index in [1.54, 1.807) is 0 Å². The summed E-state index contributed by atoms with van der Waals surface area (Å²) in [7, 11) is -2.49. The van der Waals surface area contributed by atoms with E-state index >= 15 is 0 Å². The van der Waals surface area contributed by atoms with Crippen LogP contribution in [0.25, 0.3) is 0 Å². The van der Waals surface area contributed by atoms with Gasteiger partial charge in [0.2, 0.25) is 0 Å². The first-order chi connectivity index (χ1) is 9.86. The van der Waals surface area contributed by atoms with Gasteiger partial charge in [0.25, 0.3) is 10.0 Å². The van der Waals surface area contributed by atoms with E-state index < -0.39 is 20.7 Å². The summed E-state index contributed by atoms with van der Waals surface area (Å²) in [6.07, 6.45) is 1.07. The number of sulfonamides is 1. The lowest BCUT2D eigenvalue weighted by atomic mass is 10.1. The molecule has 6 heteroatoms. The van der Waals surface area contributed by atoms with Crippen molar-refractivity contribution >= 4 is 21.7 Å². The number of para-hydroxylation sites is 1. The van der Waals surface area contributed by atoms with E-state index in [1.807, 2.05) is 32.0 Å². The molecule has 3 rings (SSSR count). The number of carbonyl (C=O) groups excluding carboxylic acids is 1. The van der Waals surface area contributed by atoms with Gasteiger partial charge in [-0.2, -0.15) is 0 Å². The Labute approximate surface area is 124 Å². The normalized spacial score (nSPS) is 29.7. The van der Waals surface area contributed by atoms with Crippen LogP contribution in [0.5, 0.6) is 0 Å². The van der Waals surface area contributed by atoms with Gasteiger partial charge in [0, 0.05) is 6.54 Å². The van der Waals surface area contributed by atoms with E-state index in [9.17, 15) is 13.2 Å². The van der Waals surface area contributed by atoms with Crippen LogP contribution < -0.4 is 4.31 Å². The minimum atomic E-state index is -3.74. The van der Waals surface area contributed by atoms with Crippen molar-refractivity contribution in [3.63, 3.8) is 0 Å². The van der Waals surface area contributed by atoms with Gasteiger partial charge in [-0.3, -0.25) is 9.10 Å². The smallest absolute Gasteiger partial charge is 0.329 e. The molecule has 0 radical (unpaired) electrons. The molecular weight excluding hydrogens is 290 g/mol. The van der Waals surface area contributed by atoms with E-state index in [1.165, 1.54) is 11.4 Å². The van der Waals surface area contributed by atoms with Crippen molar-refractivity contribution < 1.29 is 17.9 Å². The highest BCUT2D eigenvalue weighted by Gasteiger charge is 2.73. The third-order valence-corrected chi connectivity index (χ3v) is 7.23. The van der Waals surface area contributed by atoms with Gasteiger partial charge in [-0.05, 0) is 43.7 Å². The molecule has 2 unspecified atom stereocenters. The summed E-state index contributed by atoms with van der Waals surface area (Å²) in [5.41, 5.74) is 2.50. The summed E-state index contributed by atoms with van der Waals surface area (Å²) in [5.74, 6) is -0.723. The fourth-order valence-electron chi connectivity index (χ4n) is 3.51. The van der Waals surface area contributed by atoms with Crippen molar-refractivity contribution in [1.82, 2.24) is 0 Å². The van der Waals surface area contributed by atoms with Crippen LogP contribution in [0.1, 0.15) is 24.0 Å². The Morgan fingerprint density at radius 2 is 1.95 bits per heavy atom. The number of esters is 1. The summed E-state index contributed by atoms with van der Waals surface area (Å²) in [6, 6.07) is 5.68. The van der Waals surface area contributed by atoms with E-state index in [-0.39, 0.29) is 5.92 Å². The van der Waals surface area contributed by atoms with Crippen LogP contribution in [0, 0.1) is 19.8 Å². The largest absolute Gasteiger partial charge is 0.468 e. The molecule has 0 amide bonds. The number of nitrogens with zero attached hydrogens (tertiary/aromatic N) is 1. The highest BCUT2D eigenvalue weighted by atomic mass is 32.2. The highest BCUT2D eigenvalue weighted by Crippen LogP contribution is 2.58. The lowest BCUT2D eigenvalue weighted by Crippen LogP contribution is -2.50. The molecule has 2 aliphatic rings. The molecule has 1 aromatic carbocycles. The summed E-state index contributed by atoms with van der Waals surface area (Å²) in [6.45, 7) is 4.21. The van der Waals surface area contributed by atoms with E-state index in [2.05, 4.69) is 0 Å². The lowest BCUT2D eigenvalue weighted by Gasteiger charge is -2.34. The Kier molecular flexibility index (Phi) is 3.06. The molecule has 1 aliphatic heterocycles. The van der Waals surface area contributed by atoms with Gasteiger partial charge in [0.05, 0.1) is 12.8 Å². The molecule has 1 heterocycles. The molecule has 5 nitrogen and oxygen atoms in total. The second kappa shape index (κ2) is 4.47. The van der Waals surface area contributed by atoms with Crippen LogP contribution in [0.2, 0.25) is 0 Å². The fourth-order valence-corrected chi connectivity index (χ4v) is 6.02. The van der Waals surface area contributed by atoms with E-state index in [0.717, 1.165) is 11.1 Å². The molecule has 0 spiro atoms. The van der Waals surface area contributed by atoms with Crippen LogP contribution >= 0.6 is 0 Å². The van der Waals surface area contributed by atoms with Gasteiger partial charge in [0.1, 0.15) is 0 Å². The van der Waals surface area contributed by atoms with Crippen molar-refractivity contribution in [1.29, 1.82) is 0 Å². The average Bonchev–Trinajstić information content (AvgIpc) is 3.17. The molecule has 21 heavy (non-hydrogen) atoms. The predicted octanol–water partition coefficient (Wildman–Crippen LogP) is 1.78. The van der Waals surface area contributed by atoms with Gasteiger partial charge in [-0.1, -0.05) is 18.2 Å². The van der Waals surface area contributed by atoms with Crippen LogP contribution in [0.3, 0.4) is 0 Å². The topological polar surface area (TPSA) is 63.7 Å². The standard InChI is InChI=1S/C15H19NO4S/c1-10-5-4-6-11(2)13(10)16-8-7-12-9-15(12,14(17)20-3)21(16,18)19/h4-6,12H,7-9H2,1-3H3. The van der Waals surface area contributed by atoms with Crippen molar-refractivity contribution in [3.05, 3.63) is 29.3 Å². The van der Waals surface area contributed by atoms with Crippen LogP contribution in [0.15, 0.2) is 18.2 Å². The van der Waals surface area contributed by atoms with Gasteiger partial charge in [0.15, 0.2) is 4.75 Å².